The minimum atomic E-state index is -4.17. The molecule has 0 spiro atoms. The van der Waals surface area contributed by atoms with E-state index in [1.54, 1.807) is 6.07 Å². The van der Waals surface area contributed by atoms with Crippen LogP contribution in [-0.2, 0) is 18.1 Å². The summed E-state index contributed by atoms with van der Waals surface area (Å²) in [4.78, 5) is 11.3. The van der Waals surface area contributed by atoms with Crippen molar-refractivity contribution in [1.82, 2.24) is 35.2 Å². The molecule has 0 amide bonds. The van der Waals surface area contributed by atoms with Crippen LogP contribution in [0.3, 0.4) is 0 Å². The summed E-state index contributed by atoms with van der Waals surface area (Å²) in [6.45, 7) is -0.951. The van der Waals surface area contributed by atoms with Crippen LogP contribution in [0.15, 0.2) is 61.3 Å². The Bertz CT molecular complexity index is 1190. The van der Waals surface area contributed by atoms with E-state index in [1.165, 1.54) is 12.4 Å². The van der Waals surface area contributed by atoms with Gasteiger partial charge >= 0.3 is 11.9 Å². The number of pyridine rings is 1. The van der Waals surface area contributed by atoms with Gasteiger partial charge in [0.1, 0.15) is 29.4 Å². The molecule has 0 aliphatic carbocycles. The fourth-order valence-electron chi connectivity index (χ4n) is 2.95. The van der Waals surface area contributed by atoms with Crippen LogP contribution >= 0.6 is 0 Å². The molecule has 0 aliphatic rings. The van der Waals surface area contributed by atoms with Crippen LogP contribution in [0.1, 0.15) is 11.3 Å². The SMILES string of the molecule is OC(Cn1cnnn1)(c1ccc(F)cc1F)C(F)(F)c1ccc(Oc2ncccn2)cn1. The molecule has 4 aromatic rings. The Kier molecular flexibility index (Phi) is 5.48. The molecule has 1 unspecified atom stereocenters. The van der Waals surface area contributed by atoms with Gasteiger partial charge in [-0.1, -0.05) is 0 Å². The van der Waals surface area contributed by atoms with Gasteiger partial charge in [0.05, 0.1) is 12.7 Å². The third-order valence-corrected chi connectivity index (χ3v) is 4.49. The Hall–Kier alpha value is -4.00. The predicted molar refractivity (Wildman–Crippen MR) is 98.3 cm³/mol. The zero-order valence-electron chi connectivity index (χ0n) is 16.0. The lowest BCUT2D eigenvalue weighted by Gasteiger charge is -2.35. The van der Waals surface area contributed by atoms with Crippen LogP contribution in [0.5, 0.6) is 11.8 Å². The summed E-state index contributed by atoms with van der Waals surface area (Å²) in [5.74, 6) is -6.49. The maximum absolute atomic E-state index is 15.6. The molecule has 0 saturated carbocycles. The monoisotopic (exact) mass is 447 g/mol. The van der Waals surface area contributed by atoms with E-state index in [0.717, 1.165) is 41.5 Å². The van der Waals surface area contributed by atoms with Gasteiger partial charge in [0, 0.05) is 24.0 Å². The summed E-state index contributed by atoms with van der Waals surface area (Å²) in [5, 5.41) is 21.2. The number of halogens is 4. The number of aromatic nitrogens is 7. The molecule has 3 aromatic heterocycles. The number of benzene rings is 1. The van der Waals surface area contributed by atoms with Gasteiger partial charge in [-0.25, -0.2) is 23.4 Å². The van der Waals surface area contributed by atoms with Crippen molar-refractivity contribution in [2.75, 3.05) is 0 Å². The van der Waals surface area contributed by atoms with Gasteiger partial charge in [-0.15, -0.1) is 5.10 Å². The van der Waals surface area contributed by atoms with Crippen molar-refractivity contribution < 1.29 is 27.4 Å². The lowest BCUT2D eigenvalue weighted by Crippen LogP contribution is -2.48. The van der Waals surface area contributed by atoms with Crippen molar-refractivity contribution in [2.45, 2.75) is 18.1 Å². The molecule has 0 aliphatic heterocycles. The van der Waals surface area contributed by atoms with Gasteiger partial charge in [0.2, 0.25) is 0 Å². The van der Waals surface area contributed by atoms with Crippen molar-refractivity contribution in [2.24, 2.45) is 0 Å². The van der Waals surface area contributed by atoms with E-state index in [2.05, 4.69) is 30.5 Å². The first kappa shape index (κ1) is 21.2. The Labute approximate surface area is 177 Å². The van der Waals surface area contributed by atoms with E-state index in [-0.39, 0.29) is 11.8 Å². The maximum atomic E-state index is 15.6. The molecular weight excluding hydrogens is 434 g/mol. The van der Waals surface area contributed by atoms with E-state index in [9.17, 15) is 13.9 Å². The lowest BCUT2D eigenvalue weighted by atomic mass is 9.84. The van der Waals surface area contributed by atoms with Crippen molar-refractivity contribution in [3.05, 3.63) is 84.2 Å². The normalized spacial score (nSPS) is 13.5. The first-order valence-corrected chi connectivity index (χ1v) is 8.97. The highest BCUT2D eigenvalue weighted by Crippen LogP contribution is 2.46. The van der Waals surface area contributed by atoms with Crippen LogP contribution < -0.4 is 4.74 Å². The van der Waals surface area contributed by atoms with Crippen molar-refractivity contribution >= 4 is 0 Å². The van der Waals surface area contributed by atoms with Gasteiger partial charge in [-0.05, 0) is 40.8 Å². The van der Waals surface area contributed by atoms with Gasteiger partial charge < -0.3 is 9.84 Å². The topological polar surface area (TPSA) is 112 Å². The van der Waals surface area contributed by atoms with Gasteiger partial charge in [0.25, 0.3) is 0 Å². The smallest absolute Gasteiger partial charge is 0.323 e. The number of aliphatic hydroxyl groups is 1. The number of ether oxygens (including phenoxy) is 1. The highest BCUT2D eigenvalue weighted by molar-refractivity contribution is 5.32. The molecule has 32 heavy (non-hydrogen) atoms. The van der Waals surface area contributed by atoms with E-state index in [1.807, 2.05) is 0 Å². The van der Waals surface area contributed by atoms with E-state index in [4.69, 9.17) is 4.74 Å². The van der Waals surface area contributed by atoms with Gasteiger partial charge in [-0.3, -0.25) is 4.98 Å². The molecular formula is C19H13F4N7O2. The summed E-state index contributed by atoms with van der Waals surface area (Å²) >= 11 is 0. The molecule has 4 rings (SSSR count). The van der Waals surface area contributed by atoms with Crippen LogP contribution in [0, 0.1) is 11.6 Å². The quantitative estimate of drug-likeness (QED) is 0.431. The molecule has 0 fully saturated rings. The summed E-state index contributed by atoms with van der Waals surface area (Å²) in [5.41, 5.74) is -4.99. The average Bonchev–Trinajstić information content (AvgIpc) is 3.27. The van der Waals surface area contributed by atoms with Crippen molar-refractivity contribution in [1.29, 1.82) is 0 Å². The fraction of sp³-hybridized carbons (Fsp3) is 0.158. The maximum Gasteiger partial charge on any atom is 0.323 e. The number of alkyl halides is 2. The minimum absolute atomic E-state index is 0.0302. The predicted octanol–water partition coefficient (Wildman–Crippen LogP) is 2.61. The number of rotatable bonds is 7. The van der Waals surface area contributed by atoms with Gasteiger partial charge in [-0.2, -0.15) is 8.78 Å². The Balaban J connectivity index is 1.72. The van der Waals surface area contributed by atoms with Crippen LogP contribution in [0.2, 0.25) is 0 Å². The molecule has 1 N–H and O–H groups in total. The first-order valence-electron chi connectivity index (χ1n) is 8.97. The number of hydrogen-bond donors (Lipinski definition) is 1. The minimum Gasteiger partial charge on any atom is -0.423 e. The molecule has 164 valence electrons. The highest BCUT2D eigenvalue weighted by atomic mass is 19.3. The van der Waals surface area contributed by atoms with E-state index >= 15 is 8.78 Å². The largest absolute Gasteiger partial charge is 0.423 e. The standard InChI is InChI=1S/C19H13F4N7O2/c20-12-2-4-14(15(21)8-12)18(31,10-30-11-27-28-29-30)19(22,23)16-5-3-13(9-26-16)32-17-24-6-1-7-25-17/h1-9,11,31H,10H2. The zero-order chi connectivity index (χ0) is 22.8. The number of nitrogens with zero attached hydrogens (tertiary/aromatic N) is 7. The fourth-order valence-corrected chi connectivity index (χ4v) is 2.95. The third kappa shape index (κ3) is 3.97. The number of hydrogen-bond acceptors (Lipinski definition) is 8. The first-order chi connectivity index (χ1) is 15.3. The third-order valence-electron chi connectivity index (χ3n) is 4.49. The van der Waals surface area contributed by atoms with Crippen LogP contribution in [0.25, 0.3) is 0 Å². The molecule has 1 aromatic carbocycles. The number of tetrazole rings is 1. The van der Waals surface area contributed by atoms with Crippen molar-refractivity contribution in [3.63, 3.8) is 0 Å². The summed E-state index contributed by atoms with van der Waals surface area (Å²) in [6.07, 6.45) is 4.79. The van der Waals surface area contributed by atoms with Crippen LogP contribution in [-0.4, -0.2) is 40.3 Å². The summed E-state index contributed by atoms with van der Waals surface area (Å²) in [7, 11) is 0. The summed E-state index contributed by atoms with van der Waals surface area (Å²) in [6, 6.07) is 5.46. The second-order valence-electron chi connectivity index (χ2n) is 6.58. The Morgan fingerprint density at radius 2 is 1.81 bits per heavy atom. The van der Waals surface area contributed by atoms with E-state index < -0.39 is 41.0 Å². The molecule has 9 nitrogen and oxygen atoms in total. The molecule has 0 saturated heterocycles. The highest BCUT2D eigenvalue weighted by Gasteiger charge is 2.58. The second-order valence-corrected chi connectivity index (χ2v) is 6.58. The second kappa shape index (κ2) is 8.26. The molecule has 0 radical (unpaired) electrons. The molecule has 0 bridgehead atoms. The van der Waals surface area contributed by atoms with Gasteiger partial charge in [0.15, 0.2) is 5.60 Å². The Morgan fingerprint density at radius 1 is 1.03 bits per heavy atom. The van der Waals surface area contributed by atoms with Crippen molar-refractivity contribution in [3.8, 4) is 11.8 Å². The zero-order valence-corrected chi connectivity index (χ0v) is 16.0. The molecule has 1 atom stereocenters. The van der Waals surface area contributed by atoms with E-state index in [0.29, 0.717) is 6.07 Å². The Morgan fingerprint density at radius 3 is 2.44 bits per heavy atom. The average molecular weight is 447 g/mol. The lowest BCUT2D eigenvalue weighted by molar-refractivity contribution is -0.207. The van der Waals surface area contributed by atoms with Crippen LogP contribution in [0.4, 0.5) is 17.6 Å². The molecule has 13 heteroatoms. The summed E-state index contributed by atoms with van der Waals surface area (Å²) < 4.78 is 65.2. The molecule has 3 heterocycles.